The zero-order valence-electron chi connectivity index (χ0n) is 17.0. The van der Waals surface area contributed by atoms with Crippen molar-refractivity contribution in [1.82, 2.24) is 19.8 Å². The van der Waals surface area contributed by atoms with Crippen LogP contribution < -0.4 is 5.32 Å². The summed E-state index contributed by atoms with van der Waals surface area (Å²) in [4.78, 5) is 11.4. The second-order valence-corrected chi connectivity index (χ2v) is 7.56. The van der Waals surface area contributed by atoms with E-state index in [1.807, 2.05) is 18.7 Å². The summed E-state index contributed by atoms with van der Waals surface area (Å²) in [6.45, 7) is 6.64. The first kappa shape index (κ1) is 19.2. The van der Waals surface area contributed by atoms with Crippen molar-refractivity contribution in [2.45, 2.75) is 32.4 Å². The van der Waals surface area contributed by atoms with E-state index in [2.05, 4.69) is 81.3 Å². The Morgan fingerprint density at radius 2 is 1.90 bits per heavy atom. The second kappa shape index (κ2) is 9.41. The normalized spacial score (nSPS) is 16.9. The predicted molar refractivity (Wildman–Crippen MR) is 118 cm³/mol. The molecule has 2 heterocycles. The topological polar surface area (TPSA) is 45.5 Å². The van der Waals surface area contributed by atoms with E-state index in [1.54, 1.807) is 0 Å². The highest BCUT2D eigenvalue weighted by Gasteiger charge is 2.25. The first-order chi connectivity index (χ1) is 14.3. The second-order valence-electron chi connectivity index (χ2n) is 7.56. The van der Waals surface area contributed by atoms with Crippen LogP contribution in [0.5, 0.6) is 0 Å². The molecule has 0 bridgehead atoms. The Hall–Kier alpha value is -3.08. The largest absolute Gasteiger partial charge is 0.357 e. The molecule has 0 amide bonds. The van der Waals surface area contributed by atoms with Crippen LogP contribution in [-0.2, 0) is 13.1 Å². The molecule has 1 aliphatic heterocycles. The number of likely N-dealkylation sites (tertiary alicyclic amines) is 1. The van der Waals surface area contributed by atoms with Crippen molar-refractivity contribution in [3.8, 4) is 0 Å². The fraction of sp³-hybridized carbons (Fsp3) is 0.333. The number of aliphatic imine (C=N–C) groups is 1. The Morgan fingerprint density at radius 3 is 2.62 bits per heavy atom. The SMILES string of the molecule is CCNC(=NCc1ccc(Cn2ccnc2)cc1)N1CCC(c2ccccc2)C1. The third-order valence-electron chi connectivity index (χ3n) is 5.45. The molecule has 0 saturated carbocycles. The van der Waals surface area contributed by atoms with Gasteiger partial charge in [0, 0.05) is 44.5 Å². The lowest BCUT2D eigenvalue weighted by Crippen LogP contribution is -2.40. The monoisotopic (exact) mass is 387 g/mol. The van der Waals surface area contributed by atoms with E-state index in [1.165, 1.54) is 23.1 Å². The molecule has 29 heavy (non-hydrogen) atoms. The van der Waals surface area contributed by atoms with Gasteiger partial charge in [-0.2, -0.15) is 0 Å². The van der Waals surface area contributed by atoms with E-state index >= 15 is 0 Å². The van der Waals surface area contributed by atoms with Crippen LogP contribution >= 0.6 is 0 Å². The number of imidazole rings is 1. The quantitative estimate of drug-likeness (QED) is 0.516. The summed E-state index contributed by atoms with van der Waals surface area (Å²) in [5, 5.41) is 3.47. The van der Waals surface area contributed by atoms with Crippen molar-refractivity contribution in [1.29, 1.82) is 0 Å². The lowest BCUT2D eigenvalue weighted by molar-refractivity contribution is 0.486. The number of rotatable bonds is 6. The molecule has 1 aliphatic rings. The van der Waals surface area contributed by atoms with Crippen molar-refractivity contribution in [3.05, 3.63) is 90.0 Å². The Balaban J connectivity index is 1.38. The first-order valence-corrected chi connectivity index (χ1v) is 10.4. The summed E-state index contributed by atoms with van der Waals surface area (Å²) in [5.74, 6) is 1.61. The average molecular weight is 388 g/mol. The van der Waals surface area contributed by atoms with Crippen molar-refractivity contribution < 1.29 is 0 Å². The standard InChI is InChI=1S/C24H29N5/c1-2-26-24(29-14-12-23(18-29)22-6-4-3-5-7-22)27-16-20-8-10-21(11-9-20)17-28-15-13-25-19-28/h3-11,13,15,19,23H,2,12,14,16-18H2,1H3,(H,26,27). The van der Waals surface area contributed by atoms with Crippen molar-refractivity contribution >= 4 is 5.96 Å². The van der Waals surface area contributed by atoms with Crippen LogP contribution in [0.1, 0.15) is 36.0 Å². The molecule has 4 rings (SSSR count). The van der Waals surface area contributed by atoms with Crippen LogP contribution in [0, 0.1) is 0 Å². The molecule has 0 radical (unpaired) electrons. The van der Waals surface area contributed by atoms with Gasteiger partial charge in [-0.25, -0.2) is 9.98 Å². The minimum Gasteiger partial charge on any atom is -0.357 e. The van der Waals surface area contributed by atoms with Gasteiger partial charge in [-0.3, -0.25) is 0 Å². The van der Waals surface area contributed by atoms with Crippen LogP contribution in [0.3, 0.4) is 0 Å². The fourth-order valence-electron chi connectivity index (χ4n) is 3.88. The van der Waals surface area contributed by atoms with Crippen LogP contribution in [0.4, 0.5) is 0 Å². The van der Waals surface area contributed by atoms with Gasteiger partial charge in [-0.15, -0.1) is 0 Å². The summed E-state index contributed by atoms with van der Waals surface area (Å²) in [6, 6.07) is 19.5. The molecule has 0 spiro atoms. The molecule has 1 aromatic heterocycles. The van der Waals surface area contributed by atoms with Gasteiger partial charge in [0.15, 0.2) is 5.96 Å². The summed E-state index contributed by atoms with van der Waals surface area (Å²) in [5.41, 5.74) is 3.93. The Labute approximate surface area is 173 Å². The van der Waals surface area contributed by atoms with Gasteiger partial charge in [0.25, 0.3) is 0 Å². The highest BCUT2D eigenvalue weighted by atomic mass is 15.3. The van der Waals surface area contributed by atoms with E-state index < -0.39 is 0 Å². The molecule has 150 valence electrons. The number of nitrogens with one attached hydrogen (secondary N) is 1. The molecule has 2 aromatic carbocycles. The van der Waals surface area contributed by atoms with E-state index in [-0.39, 0.29) is 0 Å². The van der Waals surface area contributed by atoms with Gasteiger partial charge >= 0.3 is 0 Å². The first-order valence-electron chi connectivity index (χ1n) is 10.4. The maximum atomic E-state index is 4.92. The summed E-state index contributed by atoms with van der Waals surface area (Å²) < 4.78 is 2.08. The molecule has 1 N–H and O–H groups in total. The highest BCUT2D eigenvalue weighted by molar-refractivity contribution is 5.80. The van der Waals surface area contributed by atoms with Crippen LogP contribution in [0.15, 0.2) is 78.3 Å². The molecule has 5 nitrogen and oxygen atoms in total. The van der Waals surface area contributed by atoms with E-state index in [0.717, 1.165) is 32.1 Å². The van der Waals surface area contributed by atoms with Gasteiger partial charge < -0.3 is 14.8 Å². The van der Waals surface area contributed by atoms with Gasteiger partial charge in [0.2, 0.25) is 0 Å². The zero-order chi connectivity index (χ0) is 19.9. The van der Waals surface area contributed by atoms with Gasteiger partial charge in [-0.05, 0) is 30.0 Å². The zero-order valence-corrected chi connectivity index (χ0v) is 17.0. The lowest BCUT2D eigenvalue weighted by Gasteiger charge is -2.22. The van der Waals surface area contributed by atoms with Gasteiger partial charge in [0.1, 0.15) is 0 Å². The smallest absolute Gasteiger partial charge is 0.194 e. The highest BCUT2D eigenvalue weighted by Crippen LogP contribution is 2.27. The van der Waals surface area contributed by atoms with E-state index in [9.17, 15) is 0 Å². The van der Waals surface area contributed by atoms with E-state index in [0.29, 0.717) is 12.5 Å². The molecule has 1 unspecified atom stereocenters. The Morgan fingerprint density at radius 1 is 1.10 bits per heavy atom. The fourth-order valence-corrected chi connectivity index (χ4v) is 3.88. The molecular formula is C24H29N5. The minimum atomic E-state index is 0.586. The average Bonchev–Trinajstić information content (AvgIpc) is 3.45. The number of nitrogens with zero attached hydrogens (tertiary/aromatic N) is 4. The third kappa shape index (κ3) is 5.05. The third-order valence-corrected chi connectivity index (χ3v) is 5.45. The lowest BCUT2D eigenvalue weighted by atomic mass is 9.99. The maximum Gasteiger partial charge on any atom is 0.194 e. The summed E-state index contributed by atoms with van der Waals surface area (Å²) >= 11 is 0. The molecular weight excluding hydrogens is 358 g/mol. The minimum absolute atomic E-state index is 0.586. The summed E-state index contributed by atoms with van der Waals surface area (Å²) in [6.07, 6.45) is 6.82. The molecule has 1 fully saturated rings. The number of hydrogen-bond donors (Lipinski definition) is 1. The maximum absolute atomic E-state index is 4.92. The number of benzene rings is 2. The predicted octanol–water partition coefficient (Wildman–Crippen LogP) is 3.89. The van der Waals surface area contributed by atoms with Crippen molar-refractivity contribution in [3.63, 3.8) is 0 Å². The molecule has 1 saturated heterocycles. The Bertz CT molecular complexity index is 900. The van der Waals surface area contributed by atoms with Crippen LogP contribution in [0.25, 0.3) is 0 Å². The van der Waals surface area contributed by atoms with Gasteiger partial charge in [0.05, 0.1) is 12.9 Å². The van der Waals surface area contributed by atoms with Crippen molar-refractivity contribution in [2.75, 3.05) is 19.6 Å². The Kier molecular flexibility index (Phi) is 6.25. The number of guanidine groups is 1. The number of hydrogen-bond acceptors (Lipinski definition) is 2. The molecule has 1 atom stereocenters. The van der Waals surface area contributed by atoms with Crippen LogP contribution in [-0.4, -0.2) is 40.0 Å². The van der Waals surface area contributed by atoms with E-state index in [4.69, 9.17) is 4.99 Å². The molecule has 3 aromatic rings. The van der Waals surface area contributed by atoms with Crippen molar-refractivity contribution in [2.24, 2.45) is 4.99 Å². The van der Waals surface area contributed by atoms with Crippen LogP contribution in [0.2, 0.25) is 0 Å². The summed E-state index contributed by atoms with van der Waals surface area (Å²) in [7, 11) is 0. The molecule has 5 heteroatoms. The molecule has 0 aliphatic carbocycles. The van der Waals surface area contributed by atoms with Gasteiger partial charge in [-0.1, -0.05) is 54.6 Å². The number of aromatic nitrogens is 2.